The third-order valence-corrected chi connectivity index (χ3v) is 11.7. The minimum atomic E-state index is -0.728. The Hall–Kier alpha value is -6.44. The summed E-state index contributed by atoms with van der Waals surface area (Å²) in [4.78, 5) is 1.80. The van der Waals surface area contributed by atoms with Gasteiger partial charge in [0.1, 0.15) is 0 Å². The molecule has 0 bridgehead atoms. The molecule has 0 aliphatic heterocycles. The van der Waals surface area contributed by atoms with Crippen LogP contribution in [-0.4, -0.2) is 0 Å². The van der Waals surface area contributed by atoms with Gasteiger partial charge in [-0.2, -0.15) is 0 Å². The van der Waals surface area contributed by atoms with E-state index in [1.165, 1.54) is 0 Å². The zero-order valence-corrected chi connectivity index (χ0v) is 29.1. The van der Waals surface area contributed by atoms with Gasteiger partial charge in [0.25, 0.3) is 0 Å². The maximum Gasteiger partial charge on any atom is 0.0726 e. The van der Waals surface area contributed by atoms with Gasteiger partial charge in [0.15, 0.2) is 0 Å². The van der Waals surface area contributed by atoms with E-state index in [0.29, 0.717) is 11.4 Å². The van der Waals surface area contributed by atoms with E-state index in [2.05, 4.69) is 117 Å². The summed E-state index contributed by atoms with van der Waals surface area (Å²) < 4.78 is 81.0. The molecule has 53 heavy (non-hydrogen) atoms. The van der Waals surface area contributed by atoms with Crippen molar-refractivity contribution in [2.45, 2.75) is 24.7 Å². The average Bonchev–Trinajstić information content (AvgIpc) is 3.85. The Balaban J connectivity index is 1.27. The van der Waals surface area contributed by atoms with Gasteiger partial charge in [0.2, 0.25) is 0 Å². The van der Waals surface area contributed by atoms with Crippen LogP contribution in [0.2, 0.25) is 0 Å². The maximum absolute atomic E-state index is 9.71. The number of fused-ring (bicyclic) bond motifs is 13. The highest BCUT2D eigenvalue weighted by molar-refractivity contribution is 5.97. The minimum absolute atomic E-state index is 0.0282. The molecular formula is C52H37N. The lowest BCUT2D eigenvalue weighted by atomic mass is 9.70. The first kappa shape index (κ1) is 22.5. The largest absolute Gasteiger partial charge is 0.310 e. The fraction of sp³-hybridized carbons (Fsp3) is 0.0769. The lowest BCUT2D eigenvalue weighted by Gasteiger charge is -2.33. The predicted octanol–water partition coefficient (Wildman–Crippen LogP) is 13.5. The van der Waals surface area contributed by atoms with Crippen molar-refractivity contribution < 1.29 is 12.3 Å². The predicted molar refractivity (Wildman–Crippen MR) is 220 cm³/mol. The smallest absolute Gasteiger partial charge is 0.0726 e. The highest BCUT2D eigenvalue weighted by Gasteiger charge is 2.51. The van der Waals surface area contributed by atoms with Gasteiger partial charge in [0, 0.05) is 22.4 Å². The molecule has 0 atom stereocenters. The molecule has 0 fully saturated rings. The molecule has 0 amide bonds. The fourth-order valence-electron chi connectivity index (χ4n) is 9.49. The van der Waals surface area contributed by atoms with E-state index in [9.17, 15) is 2.74 Å². The number of hydrogen-bond acceptors (Lipinski definition) is 1. The first-order valence-electron chi connectivity index (χ1n) is 22.5. The first-order chi connectivity index (χ1) is 29.8. The van der Waals surface area contributed by atoms with Crippen LogP contribution in [0.4, 0.5) is 17.1 Å². The molecule has 1 nitrogen and oxygen atoms in total. The summed E-state index contributed by atoms with van der Waals surface area (Å²) in [5.74, 6) is 0. The van der Waals surface area contributed by atoms with Crippen LogP contribution >= 0.6 is 0 Å². The Morgan fingerprint density at radius 2 is 0.830 bits per heavy atom. The molecule has 3 aliphatic rings. The molecule has 0 saturated heterocycles. The summed E-state index contributed by atoms with van der Waals surface area (Å²) in [5.41, 5.74) is 12.6. The number of para-hydroxylation sites is 1. The van der Waals surface area contributed by atoms with E-state index >= 15 is 0 Å². The summed E-state index contributed by atoms with van der Waals surface area (Å²) in [6, 6.07) is 41.0. The van der Waals surface area contributed by atoms with E-state index in [1.807, 2.05) is 30.3 Å². The molecule has 8 aromatic carbocycles. The molecule has 0 saturated carbocycles. The van der Waals surface area contributed by atoms with Gasteiger partial charge in [-0.15, -0.1) is 0 Å². The highest BCUT2D eigenvalue weighted by atomic mass is 15.1. The molecule has 0 unspecified atom stereocenters. The Labute approximate surface area is 324 Å². The Bertz CT molecular complexity index is 3200. The minimum Gasteiger partial charge on any atom is -0.310 e. The maximum atomic E-state index is 9.71. The van der Waals surface area contributed by atoms with Crippen molar-refractivity contribution in [3.05, 3.63) is 221 Å². The van der Waals surface area contributed by atoms with E-state index in [1.54, 1.807) is 4.90 Å². The van der Waals surface area contributed by atoms with Gasteiger partial charge in [-0.25, -0.2) is 0 Å². The summed E-state index contributed by atoms with van der Waals surface area (Å²) in [5, 5.41) is 0. The monoisotopic (exact) mass is 684 g/mol. The van der Waals surface area contributed by atoms with Crippen molar-refractivity contribution in [3.63, 3.8) is 0 Å². The van der Waals surface area contributed by atoms with Gasteiger partial charge in [0.05, 0.1) is 23.4 Å². The molecule has 8 aromatic rings. The van der Waals surface area contributed by atoms with Gasteiger partial charge >= 0.3 is 0 Å². The normalized spacial score (nSPS) is 16.9. The Kier molecular flexibility index (Phi) is 4.68. The second kappa shape index (κ2) is 11.0. The van der Waals surface area contributed by atoms with Crippen molar-refractivity contribution in [2.24, 2.45) is 0 Å². The first-order valence-corrected chi connectivity index (χ1v) is 18.0. The molecule has 11 rings (SSSR count). The standard InChI is InChI=1S/C52H37N/c1-51(2)44-23-11-6-19-38(44)42-30-28-35(32-48(42)51)53(50-27-15-10-18-37(50)34-16-4-3-5-17-34)36-29-31-43-41-22-9-14-26-47(41)52(49(43)33-36)45-24-12-7-20-39(45)40-21-8-13-25-46(40)52/h3-33H,1-2H3/i3D,4D,5D,10D,15D,16D,17D,18D,27D. The lowest BCUT2D eigenvalue weighted by molar-refractivity contribution is 0.660. The summed E-state index contributed by atoms with van der Waals surface area (Å²) >= 11 is 0. The van der Waals surface area contributed by atoms with Crippen molar-refractivity contribution in [1.82, 2.24) is 0 Å². The molecule has 1 heteroatoms. The highest BCUT2D eigenvalue weighted by Crippen LogP contribution is 2.63. The van der Waals surface area contributed by atoms with Crippen LogP contribution in [0, 0.1) is 0 Å². The second-order valence-electron chi connectivity index (χ2n) is 14.6. The van der Waals surface area contributed by atoms with E-state index in [-0.39, 0.29) is 16.8 Å². The molecule has 3 aliphatic carbocycles. The summed E-state index contributed by atoms with van der Waals surface area (Å²) in [7, 11) is 0. The van der Waals surface area contributed by atoms with Crippen molar-refractivity contribution in [2.75, 3.05) is 4.90 Å². The van der Waals surface area contributed by atoms with Crippen LogP contribution in [0.25, 0.3) is 44.5 Å². The van der Waals surface area contributed by atoms with Crippen molar-refractivity contribution >= 4 is 17.1 Å². The molecule has 250 valence electrons. The number of anilines is 3. The van der Waals surface area contributed by atoms with Gasteiger partial charge in [-0.1, -0.05) is 171 Å². The number of nitrogens with zero attached hydrogens (tertiary/aromatic N) is 1. The Morgan fingerprint density at radius 3 is 1.42 bits per heavy atom. The number of rotatable bonds is 4. The SMILES string of the molecule is [2H]c1c([2H])c([2H])c(-c2c([2H])c([2H])c([2H])c([2H])c2N(c2ccc3c(c2)C(C)(C)c2ccccc2-3)c2ccc3c(c2)C2(c4ccccc4-c4ccccc42)c2ccccc2-3)c([2H])c1[2H]. The fourth-order valence-corrected chi connectivity index (χ4v) is 9.49. The van der Waals surface area contributed by atoms with Crippen LogP contribution in [-0.2, 0) is 10.8 Å². The van der Waals surface area contributed by atoms with Crippen molar-refractivity contribution in [3.8, 4) is 44.5 Å². The van der Waals surface area contributed by atoms with Gasteiger partial charge in [-0.05, 0) is 103 Å². The number of benzene rings is 8. The third-order valence-electron chi connectivity index (χ3n) is 11.7. The van der Waals surface area contributed by atoms with Crippen LogP contribution in [0.3, 0.4) is 0 Å². The summed E-state index contributed by atoms with van der Waals surface area (Å²) in [6.07, 6.45) is 0. The van der Waals surface area contributed by atoms with Crippen LogP contribution in [0.5, 0.6) is 0 Å². The van der Waals surface area contributed by atoms with E-state index in [0.717, 1.165) is 66.8 Å². The zero-order valence-electron chi connectivity index (χ0n) is 38.1. The average molecular weight is 685 g/mol. The lowest BCUT2D eigenvalue weighted by Crippen LogP contribution is -2.26. The van der Waals surface area contributed by atoms with E-state index in [4.69, 9.17) is 9.60 Å². The Morgan fingerprint density at radius 1 is 0.396 bits per heavy atom. The molecule has 1 spiro atoms. The summed E-state index contributed by atoms with van der Waals surface area (Å²) in [6.45, 7) is 4.34. The van der Waals surface area contributed by atoms with Crippen LogP contribution < -0.4 is 4.90 Å². The van der Waals surface area contributed by atoms with Crippen LogP contribution in [0.1, 0.15) is 59.6 Å². The second-order valence-corrected chi connectivity index (χ2v) is 14.6. The van der Waals surface area contributed by atoms with Crippen molar-refractivity contribution in [1.29, 1.82) is 0 Å². The zero-order chi connectivity index (χ0) is 43.1. The quantitative estimate of drug-likeness (QED) is 0.178. The van der Waals surface area contributed by atoms with Gasteiger partial charge in [-0.3, -0.25) is 0 Å². The van der Waals surface area contributed by atoms with Gasteiger partial charge < -0.3 is 4.90 Å². The molecule has 0 aromatic heterocycles. The molecule has 0 N–H and O–H groups in total. The molecule has 0 heterocycles. The number of hydrogen-bond donors (Lipinski definition) is 0. The molecule has 0 radical (unpaired) electrons. The van der Waals surface area contributed by atoms with E-state index < -0.39 is 65.2 Å². The third kappa shape index (κ3) is 4.02. The van der Waals surface area contributed by atoms with Crippen LogP contribution in [0.15, 0.2) is 188 Å². The topological polar surface area (TPSA) is 3.24 Å². The molecular weight excluding hydrogens is 639 g/mol.